The summed E-state index contributed by atoms with van der Waals surface area (Å²) in [5.41, 5.74) is 1.65. The number of benzene rings is 1. The first-order valence-electron chi connectivity index (χ1n) is 7.50. The standard InChI is InChI=1S/C17H23ClFN/c1-16(2)12-4-5-17(3,9-12)15(16)20-10-11-6-13(18)8-14(19)7-11/h6-8,12,15,20H,4-5,9-10H2,1-3H3. The summed E-state index contributed by atoms with van der Waals surface area (Å²) in [5, 5.41) is 4.16. The molecule has 0 heterocycles. The highest BCUT2D eigenvalue weighted by Crippen LogP contribution is 2.62. The minimum atomic E-state index is -0.257. The van der Waals surface area contributed by atoms with Crippen LogP contribution in [-0.4, -0.2) is 6.04 Å². The lowest BCUT2D eigenvalue weighted by atomic mass is 9.68. The fraction of sp³-hybridized carbons (Fsp3) is 0.647. The molecule has 1 aromatic carbocycles. The van der Waals surface area contributed by atoms with Crippen molar-refractivity contribution >= 4 is 11.6 Å². The predicted octanol–water partition coefficient (Wildman–Crippen LogP) is 4.78. The second-order valence-electron chi connectivity index (χ2n) is 7.51. The van der Waals surface area contributed by atoms with Crippen LogP contribution in [-0.2, 0) is 6.54 Å². The average molecular weight is 296 g/mol. The van der Waals surface area contributed by atoms with Crippen LogP contribution in [0.15, 0.2) is 18.2 Å². The van der Waals surface area contributed by atoms with Crippen LogP contribution in [0.5, 0.6) is 0 Å². The van der Waals surface area contributed by atoms with Gasteiger partial charge in [-0.3, -0.25) is 0 Å². The largest absolute Gasteiger partial charge is 0.309 e. The minimum absolute atomic E-state index is 0.257. The van der Waals surface area contributed by atoms with Crippen LogP contribution in [0.3, 0.4) is 0 Å². The molecule has 20 heavy (non-hydrogen) atoms. The van der Waals surface area contributed by atoms with Gasteiger partial charge in [-0.2, -0.15) is 0 Å². The molecule has 2 fully saturated rings. The zero-order chi connectivity index (χ0) is 14.5. The zero-order valence-corrected chi connectivity index (χ0v) is 13.2. The molecule has 2 aliphatic carbocycles. The Bertz CT molecular complexity index is 503. The van der Waals surface area contributed by atoms with Gasteiger partial charge in [0.25, 0.3) is 0 Å². The minimum Gasteiger partial charge on any atom is -0.309 e. The molecule has 1 nitrogen and oxygen atoms in total. The zero-order valence-electron chi connectivity index (χ0n) is 12.5. The molecule has 0 aliphatic heterocycles. The summed E-state index contributed by atoms with van der Waals surface area (Å²) in [6.45, 7) is 7.84. The lowest BCUT2D eigenvalue weighted by molar-refractivity contribution is 0.108. The molecule has 3 atom stereocenters. The van der Waals surface area contributed by atoms with E-state index >= 15 is 0 Å². The number of rotatable bonds is 3. The fourth-order valence-electron chi connectivity index (χ4n) is 4.74. The summed E-state index contributed by atoms with van der Waals surface area (Å²) >= 11 is 5.92. The van der Waals surface area contributed by atoms with Crippen LogP contribution in [0.4, 0.5) is 4.39 Å². The van der Waals surface area contributed by atoms with E-state index in [4.69, 9.17) is 11.6 Å². The van der Waals surface area contributed by atoms with Gasteiger partial charge < -0.3 is 5.32 Å². The molecule has 3 unspecified atom stereocenters. The average Bonchev–Trinajstić information content (AvgIpc) is 2.78. The highest BCUT2D eigenvalue weighted by atomic mass is 35.5. The van der Waals surface area contributed by atoms with E-state index < -0.39 is 0 Å². The van der Waals surface area contributed by atoms with Gasteiger partial charge in [0.15, 0.2) is 0 Å². The van der Waals surface area contributed by atoms with Crippen LogP contribution in [0.2, 0.25) is 5.02 Å². The van der Waals surface area contributed by atoms with E-state index in [-0.39, 0.29) is 5.82 Å². The number of fused-ring (bicyclic) bond motifs is 2. The molecular formula is C17H23ClFN. The fourth-order valence-corrected chi connectivity index (χ4v) is 4.99. The summed E-state index contributed by atoms with van der Waals surface area (Å²) in [5.74, 6) is 0.564. The van der Waals surface area contributed by atoms with Crippen molar-refractivity contribution in [3.8, 4) is 0 Å². The van der Waals surface area contributed by atoms with E-state index in [1.165, 1.54) is 25.3 Å². The number of hydrogen-bond acceptors (Lipinski definition) is 1. The Labute approximate surface area is 125 Å². The van der Waals surface area contributed by atoms with Crippen molar-refractivity contribution < 1.29 is 4.39 Å². The van der Waals surface area contributed by atoms with Gasteiger partial charge in [-0.15, -0.1) is 0 Å². The lowest BCUT2D eigenvalue weighted by Gasteiger charge is -2.43. The molecule has 3 heteroatoms. The van der Waals surface area contributed by atoms with Crippen LogP contribution < -0.4 is 5.32 Å². The molecule has 0 aromatic heterocycles. The first kappa shape index (κ1) is 14.3. The van der Waals surface area contributed by atoms with Crippen LogP contribution >= 0.6 is 11.6 Å². The molecule has 0 spiro atoms. The van der Waals surface area contributed by atoms with E-state index in [0.717, 1.165) is 11.5 Å². The number of halogens is 2. The molecular weight excluding hydrogens is 273 g/mol. The third-order valence-corrected chi connectivity index (χ3v) is 5.92. The van der Waals surface area contributed by atoms with Crippen LogP contribution in [0.25, 0.3) is 0 Å². The molecule has 0 saturated heterocycles. The molecule has 1 N–H and O–H groups in total. The molecule has 0 radical (unpaired) electrons. The van der Waals surface area contributed by atoms with E-state index in [1.807, 2.05) is 6.07 Å². The first-order valence-corrected chi connectivity index (χ1v) is 7.87. The highest BCUT2D eigenvalue weighted by molar-refractivity contribution is 6.30. The predicted molar refractivity (Wildman–Crippen MR) is 81.3 cm³/mol. The van der Waals surface area contributed by atoms with Crippen LogP contribution in [0.1, 0.15) is 45.6 Å². The monoisotopic (exact) mass is 295 g/mol. The third-order valence-electron chi connectivity index (χ3n) is 5.70. The number of hydrogen-bond donors (Lipinski definition) is 1. The van der Waals surface area contributed by atoms with Crippen molar-refractivity contribution in [2.45, 2.75) is 52.6 Å². The topological polar surface area (TPSA) is 12.0 Å². The molecule has 2 aliphatic rings. The van der Waals surface area contributed by atoms with E-state index in [9.17, 15) is 4.39 Å². The van der Waals surface area contributed by atoms with E-state index in [2.05, 4.69) is 26.1 Å². The van der Waals surface area contributed by atoms with E-state index in [0.29, 0.717) is 28.4 Å². The second kappa shape index (κ2) is 4.71. The summed E-state index contributed by atoms with van der Waals surface area (Å²) < 4.78 is 13.4. The maximum absolute atomic E-state index is 13.4. The third kappa shape index (κ3) is 2.27. The summed E-state index contributed by atoms with van der Waals surface area (Å²) in [7, 11) is 0. The molecule has 0 amide bonds. The molecule has 110 valence electrons. The smallest absolute Gasteiger partial charge is 0.125 e. The van der Waals surface area contributed by atoms with E-state index in [1.54, 1.807) is 6.07 Å². The summed E-state index contributed by atoms with van der Waals surface area (Å²) in [4.78, 5) is 0. The van der Waals surface area contributed by atoms with Crippen molar-refractivity contribution in [3.63, 3.8) is 0 Å². The van der Waals surface area contributed by atoms with Crippen molar-refractivity contribution in [1.82, 2.24) is 5.32 Å². The maximum atomic E-state index is 13.4. The quantitative estimate of drug-likeness (QED) is 0.846. The molecule has 2 bridgehead atoms. The summed E-state index contributed by atoms with van der Waals surface area (Å²) in [6.07, 6.45) is 3.98. The van der Waals surface area contributed by atoms with Gasteiger partial charge in [0, 0.05) is 17.6 Å². The van der Waals surface area contributed by atoms with Gasteiger partial charge in [0.2, 0.25) is 0 Å². The maximum Gasteiger partial charge on any atom is 0.125 e. The van der Waals surface area contributed by atoms with Gasteiger partial charge in [-0.25, -0.2) is 4.39 Å². The van der Waals surface area contributed by atoms with Crippen molar-refractivity contribution in [2.75, 3.05) is 0 Å². The molecule has 1 aromatic rings. The van der Waals surface area contributed by atoms with Crippen molar-refractivity contribution in [1.29, 1.82) is 0 Å². The Morgan fingerprint density at radius 1 is 1.30 bits per heavy atom. The Morgan fingerprint density at radius 3 is 2.65 bits per heavy atom. The highest BCUT2D eigenvalue weighted by Gasteiger charge is 2.58. The Kier molecular flexibility index (Phi) is 3.38. The normalized spacial score (nSPS) is 34.6. The Balaban J connectivity index is 1.75. The van der Waals surface area contributed by atoms with Crippen LogP contribution in [0, 0.1) is 22.6 Å². The van der Waals surface area contributed by atoms with Crippen molar-refractivity contribution in [2.24, 2.45) is 16.7 Å². The Hall–Kier alpha value is -0.600. The second-order valence-corrected chi connectivity index (χ2v) is 7.94. The van der Waals surface area contributed by atoms with Crippen molar-refractivity contribution in [3.05, 3.63) is 34.6 Å². The summed E-state index contributed by atoms with van der Waals surface area (Å²) in [6, 6.07) is 5.27. The van der Waals surface area contributed by atoms with Gasteiger partial charge in [-0.05, 0) is 59.8 Å². The lowest BCUT2D eigenvalue weighted by Crippen LogP contribution is -2.49. The van der Waals surface area contributed by atoms with Gasteiger partial charge in [-0.1, -0.05) is 32.4 Å². The molecule has 3 rings (SSSR count). The van der Waals surface area contributed by atoms with Gasteiger partial charge >= 0.3 is 0 Å². The SMILES string of the molecule is CC12CCC(C1)C(C)(C)C2NCc1cc(F)cc(Cl)c1. The van der Waals surface area contributed by atoms with Gasteiger partial charge in [0.1, 0.15) is 5.82 Å². The van der Waals surface area contributed by atoms with Gasteiger partial charge in [0.05, 0.1) is 0 Å². The molecule has 2 saturated carbocycles. The number of nitrogens with one attached hydrogen (secondary N) is 1. The first-order chi connectivity index (χ1) is 9.31. The Morgan fingerprint density at radius 2 is 2.05 bits per heavy atom.